The normalized spacial score (nSPS) is 11.9. The van der Waals surface area contributed by atoms with Crippen LogP contribution in [0.3, 0.4) is 0 Å². The van der Waals surface area contributed by atoms with Gasteiger partial charge in [0.1, 0.15) is 17.2 Å². The second kappa shape index (κ2) is 5.48. The number of nitrogens with one attached hydrogen (secondary N) is 1. The fourth-order valence-electron chi connectivity index (χ4n) is 1.75. The lowest BCUT2D eigenvalue weighted by molar-refractivity contribution is 0.0697. The molecule has 2 rings (SSSR count). The Hall–Kier alpha value is -2.43. The molecule has 0 aliphatic heterocycles. The Morgan fingerprint density at radius 1 is 1.37 bits per heavy atom. The van der Waals surface area contributed by atoms with E-state index in [0.29, 0.717) is 0 Å². The second-order valence-corrected chi connectivity index (χ2v) is 4.13. The molecule has 98 valence electrons. The van der Waals surface area contributed by atoms with Crippen LogP contribution in [0.5, 0.6) is 0 Å². The Kier molecular flexibility index (Phi) is 3.75. The van der Waals surface area contributed by atoms with E-state index < -0.39 is 11.8 Å². The molecule has 0 amide bonds. The Labute approximate surface area is 109 Å². The Bertz CT molecular complexity index is 587. The molecule has 1 aromatic carbocycles. The summed E-state index contributed by atoms with van der Waals surface area (Å²) in [6.45, 7) is 1.88. The molecular formula is C14H13FN2O2. The molecule has 5 heteroatoms. The first-order valence-corrected chi connectivity index (χ1v) is 5.78. The number of hydrogen-bond acceptors (Lipinski definition) is 3. The first-order valence-electron chi connectivity index (χ1n) is 5.78. The van der Waals surface area contributed by atoms with E-state index in [9.17, 15) is 9.18 Å². The van der Waals surface area contributed by atoms with Gasteiger partial charge >= 0.3 is 5.97 Å². The van der Waals surface area contributed by atoms with Gasteiger partial charge in [-0.25, -0.2) is 14.2 Å². The van der Waals surface area contributed by atoms with Crippen molar-refractivity contribution >= 4 is 11.8 Å². The number of nitrogens with zero attached hydrogens (tertiary/aromatic N) is 1. The summed E-state index contributed by atoms with van der Waals surface area (Å²) in [5, 5.41) is 12.0. The van der Waals surface area contributed by atoms with Crippen molar-refractivity contribution in [2.24, 2.45) is 0 Å². The van der Waals surface area contributed by atoms with Crippen molar-refractivity contribution in [2.45, 2.75) is 13.0 Å². The van der Waals surface area contributed by atoms with Crippen molar-refractivity contribution in [3.8, 4) is 0 Å². The summed E-state index contributed by atoms with van der Waals surface area (Å²) in [6, 6.07) is 10.3. The molecular weight excluding hydrogens is 247 g/mol. The molecule has 1 unspecified atom stereocenters. The molecule has 0 fully saturated rings. The number of anilines is 1. The van der Waals surface area contributed by atoms with Crippen LogP contribution in [-0.4, -0.2) is 16.1 Å². The minimum absolute atomic E-state index is 0.128. The summed E-state index contributed by atoms with van der Waals surface area (Å²) in [4.78, 5) is 14.8. The summed E-state index contributed by atoms with van der Waals surface area (Å²) < 4.78 is 13.0. The zero-order valence-electron chi connectivity index (χ0n) is 10.3. The number of halogens is 1. The average molecular weight is 260 g/mol. The monoisotopic (exact) mass is 260 g/mol. The number of pyridine rings is 1. The molecule has 1 aromatic heterocycles. The van der Waals surface area contributed by atoms with Gasteiger partial charge in [0.15, 0.2) is 0 Å². The van der Waals surface area contributed by atoms with E-state index >= 15 is 0 Å². The van der Waals surface area contributed by atoms with Gasteiger partial charge in [-0.15, -0.1) is 0 Å². The van der Waals surface area contributed by atoms with Crippen LogP contribution in [-0.2, 0) is 0 Å². The maximum atomic E-state index is 13.0. The number of carboxylic acid groups (broad SMARTS) is 1. The van der Waals surface area contributed by atoms with Crippen molar-refractivity contribution < 1.29 is 14.3 Å². The van der Waals surface area contributed by atoms with Crippen LogP contribution >= 0.6 is 0 Å². The summed E-state index contributed by atoms with van der Waals surface area (Å²) in [5.41, 5.74) is 0.813. The fourth-order valence-corrected chi connectivity index (χ4v) is 1.75. The lowest BCUT2D eigenvalue weighted by Gasteiger charge is -2.16. The van der Waals surface area contributed by atoms with E-state index in [-0.39, 0.29) is 17.4 Å². The molecule has 1 atom stereocenters. The predicted octanol–water partition coefficient (Wildman–Crippen LogP) is 3.09. The van der Waals surface area contributed by atoms with Gasteiger partial charge in [-0.2, -0.15) is 0 Å². The maximum absolute atomic E-state index is 13.0. The van der Waals surface area contributed by atoms with Crippen LogP contribution in [0.2, 0.25) is 0 Å². The Balaban J connectivity index is 2.26. The lowest BCUT2D eigenvalue weighted by Crippen LogP contribution is -2.12. The van der Waals surface area contributed by atoms with Gasteiger partial charge in [-0.05, 0) is 18.6 Å². The standard InChI is InChI=1S/C14H13FN2O2/c1-9(10-5-3-2-4-6-10)17-13-12(14(18)19)7-11(15)8-16-13/h2-9H,1H3,(H,16,17)(H,18,19). The second-order valence-electron chi connectivity index (χ2n) is 4.13. The first-order chi connectivity index (χ1) is 9.08. The molecule has 0 aliphatic rings. The molecule has 1 heterocycles. The third kappa shape index (κ3) is 3.07. The molecule has 2 N–H and O–H groups in total. The number of hydrogen-bond donors (Lipinski definition) is 2. The number of benzene rings is 1. The van der Waals surface area contributed by atoms with Crippen LogP contribution in [0.15, 0.2) is 42.6 Å². The molecule has 0 radical (unpaired) electrons. The van der Waals surface area contributed by atoms with Gasteiger partial charge < -0.3 is 10.4 Å². The van der Waals surface area contributed by atoms with Crippen molar-refractivity contribution in [2.75, 3.05) is 5.32 Å². The van der Waals surface area contributed by atoms with Gasteiger partial charge in [-0.3, -0.25) is 0 Å². The third-order valence-corrected chi connectivity index (χ3v) is 2.74. The van der Waals surface area contributed by atoms with Crippen LogP contribution < -0.4 is 5.32 Å². The van der Waals surface area contributed by atoms with E-state index in [4.69, 9.17) is 5.11 Å². The average Bonchev–Trinajstić information content (AvgIpc) is 2.41. The van der Waals surface area contributed by atoms with E-state index in [1.54, 1.807) is 0 Å². The highest BCUT2D eigenvalue weighted by Crippen LogP contribution is 2.21. The number of rotatable bonds is 4. The highest BCUT2D eigenvalue weighted by Gasteiger charge is 2.15. The van der Waals surface area contributed by atoms with Crippen LogP contribution in [0.25, 0.3) is 0 Å². The number of carbonyl (C=O) groups is 1. The van der Waals surface area contributed by atoms with E-state index in [1.807, 2.05) is 37.3 Å². The number of carboxylic acids is 1. The summed E-state index contributed by atoms with van der Waals surface area (Å²) in [5.74, 6) is -1.73. The molecule has 2 aromatic rings. The van der Waals surface area contributed by atoms with E-state index in [1.165, 1.54) is 0 Å². The van der Waals surface area contributed by atoms with Crippen LogP contribution in [0.4, 0.5) is 10.2 Å². The molecule has 0 saturated carbocycles. The maximum Gasteiger partial charge on any atom is 0.339 e. The van der Waals surface area contributed by atoms with E-state index in [0.717, 1.165) is 17.8 Å². The molecule has 0 bridgehead atoms. The highest BCUT2D eigenvalue weighted by atomic mass is 19.1. The third-order valence-electron chi connectivity index (χ3n) is 2.74. The van der Waals surface area contributed by atoms with Crippen LogP contribution in [0, 0.1) is 5.82 Å². The van der Waals surface area contributed by atoms with Gasteiger partial charge in [0.05, 0.1) is 6.20 Å². The van der Waals surface area contributed by atoms with E-state index in [2.05, 4.69) is 10.3 Å². The summed E-state index contributed by atoms with van der Waals surface area (Å²) in [7, 11) is 0. The molecule has 0 spiro atoms. The summed E-state index contributed by atoms with van der Waals surface area (Å²) in [6.07, 6.45) is 0.993. The topological polar surface area (TPSA) is 62.2 Å². The number of aromatic nitrogens is 1. The smallest absolute Gasteiger partial charge is 0.339 e. The largest absolute Gasteiger partial charge is 0.478 e. The number of aromatic carboxylic acids is 1. The fraction of sp³-hybridized carbons (Fsp3) is 0.143. The molecule has 19 heavy (non-hydrogen) atoms. The van der Waals surface area contributed by atoms with Crippen LogP contribution in [0.1, 0.15) is 28.9 Å². The minimum atomic E-state index is -1.21. The summed E-state index contributed by atoms with van der Waals surface area (Å²) >= 11 is 0. The predicted molar refractivity (Wildman–Crippen MR) is 69.6 cm³/mol. The highest BCUT2D eigenvalue weighted by molar-refractivity contribution is 5.93. The minimum Gasteiger partial charge on any atom is -0.478 e. The van der Waals surface area contributed by atoms with Crippen molar-refractivity contribution in [3.05, 3.63) is 59.5 Å². The van der Waals surface area contributed by atoms with Gasteiger partial charge in [0, 0.05) is 6.04 Å². The quantitative estimate of drug-likeness (QED) is 0.886. The Morgan fingerprint density at radius 3 is 2.68 bits per heavy atom. The zero-order valence-corrected chi connectivity index (χ0v) is 10.3. The van der Waals surface area contributed by atoms with Crippen molar-refractivity contribution in [3.63, 3.8) is 0 Å². The molecule has 0 saturated heterocycles. The molecule has 4 nitrogen and oxygen atoms in total. The van der Waals surface area contributed by atoms with Gasteiger partial charge in [0.25, 0.3) is 0 Å². The van der Waals surface area contributed by atoms with Gasteiger partial charge in [0.2, 0.25) is 0 Å². The van der Waals surface area contributed by atoms with Crippen molar-refractivity contribution in [1.82, 2.24) is 4.98 Å². The SMILES string of the molecule is CC(Nc1ncc(F)cc1C(=O)O)c1ccccc1. The van der Waals surface area contributed by atoms with Gasteiger partial charge in [-0.1, -0.05) is 30.3 Å². The van der Waals surface area contributed by atoms with Crippen molar-refractivity contribution in [1.29, 1.82) is 0 Å². The zero-order chi connectivity index (χ0) is 13.8. The molecule has 0 aliphatic carbocycles. The lowest BCUT2D eigenvalue weighted by atomic mass is 10.1. The first kappa shape index (κ1) is 13.0. The Morgan fingerprint density at radius 2 is 2.05 bits per heavy atom.